The first-order valence-electron chi connectivity index (χ1n) is 11.5. The molecular weight excluding hydrogens is 417 g/mol. The molecule has 1 saturated carbocycles. The predicted molar refractivity (Wildman–Crippen MR) is 119 cm³/mol. The summed E-state index contributed by atoms with van der Waals surface area (Å²) in [5.74, 6) is -3.18. The highest BCUT2D eigenvalue weighted by Gasteiger charge is 2.30. The van der Waals surface area contributed by atoms with Crippen molar-refractivity contribution in [2.75, 3.05) is 13.7 Å². The van der Waals surface area contributed by atoms with Gasteiger partial charge in [-0.1, -0.05) is 58.6 Å². The SMILES string of the molecule is C=C(OC)/C(F)=C1/Oc2c(cc(OCC3CCC(CCCCC)CC3)c(F)c2F)CC1=C. The zero-order chi connectivity index (χ0) is 23.3. The Morgan fingerprint density at radius 2 is 1.81 bits per heavy atom. The van der Waals surface area contributed by atoms with E-state index in [0.29, 0.717) is 18.1 Å². The van der Waals surface area contributed by atoms with E-state index in [-0.39, 0.29) is 35.0 Å². The van der Waals surface area contributed by atoms with Gasteiger partial charge in [0.1, 0.15) is 0 Å². The number of hydrogen-bond acceptors (Lipinski definition) is 3. The highest BCUT2D eigenvalue weighted by atomic mass is 19.2. The minimum atomic E-state index is -1.20. The van der Waals surface area contributed by atoms with E-state index in [2.05, 4.69) is 20.1 Å². The summed E-state index contributed by atoms with van der Waals surface area (Å²) in [5.41, 5.74) is 0.648. The van der Waals surface area contributed by atoms with E-state index in [4.69, 9.17) is 14.2 Å². The highest BCUT2D eigenvalue weighted by molar-refractivity contribution is 5.52. The number of unbranched alkanes of at least 4 members (excludes halogenated alkanes) is 2. The van der Waals surface area contributed by atoms with E-state index in [1.807, 2.05) is 0 Å². The normalized spacial score (nSPS) is 22.1. The Hall–Kier alpha value is -2.37. The number of halogens is 3. The van der Waals surface area contributed by atoms with E-state index in [1.165, 1.54) is 51.7 Å². The number of ether oxygens (including phenoxy) is 3. The van der Waals surface area contributed by atoms with Crippen molar-refractivity contribution in [3.8, 4) is 11.5 Å². The molecule has 32 heavy (non-hydrogen) atoms. The molecule has 0 atom stereocenters. The smallest absolute Gasteiger partial charge is 0.207 e. The zero-order valence-electron chi connectivity index (χ0n) is 19.1. The topological polar surface area (TPSA) is 27.7 Å². The molecule has 3 rings (SSSR count). The van der Waals surface area contributed by atoms with Crippen molar-refractivity contribution in [3.63, 3.8) is 0 Å². The van der Waals surface area contributed by atoms with Gasteiger partial charge in [0.15, 0.2) is 23.0 Å². The Kier molecular flexibility index (Phi) is 8.32. The molecule has 1 fully saturated rings. The van der Waals surface area contributed by atoms with E-state index in [9.17, 15) is 13.2 Å². The molecule has 0 spiro atoms. The van der Waals surface area contributed by atoms with Gasteiger partial charge in [0.25, 0.3) is 0 Å². The lowest BCUT2D eigenvalue weighted by Crippen LogP contribution is -2.21. The molecule has 0 radical (unpaired) electrons. The molecule has 0 amide bonds. The molecule has 1 aliphatic carbocycles. The van der Waals surface area contributed by atoms with Crippen LogP contribution in [0.1, 0.15) is 63.9 Å². The first-order chi connectivity index (χ1) is 15.3. The summed E-state index contributed by atoms with van der Waals surface area (Å²) in [7, 11) is 1.25. The van der Waals surface area contributed by atoms with E-state index in [0.717, 1.165) is 18.8 Å². The summed E-state index contributed by atoms with van der Waals surface area (Å²) in [6.45, 7) is 9.78. The summed E-state index contributed by atoms with van der Waals surface area (Å²) < 4.78 is 59.6. The molecule has 2 aliphatic rings. The average molecular weight is 451 g/mol. The first-order valence-corrected chi connectivity index (χ1v) is 11.5. The summed E-state index contributed by atoms with van der Waals surface area (Å²) in [6.07, 6.45) is 9.61. The third-order valence-corrected chi connectivity index (χ3v) is 6.48. The number of fused-ring (bicyclic) bond motifs is 1. The lowest BCUT2D eigenvalue weighted by atomic mass is 9.80. The molecule has 0 bridgehead atoms. The maximum absolute atomic E-state index is 14.7. The second kappa shape index (κ2) is 11.0. The molecule has 176 valence electrons. The van der Waals surface area contributed by atoms with Crippen molar-refractivity contribution >= 4 is 0 Å². The molecule has 0 saturated heterocycles. The van der Waals surface area contributed by atoms with Crippen molar-refractivity contribution < 1.29 is 27.4 Å². The number of allylic oxidation sites excluding steroid dienone is 2. The molecular formula is C26H33F3O3. The Morgan fingerprint density at radius 1 is 1.12 bits per heavy atom. The van der Waals surface area contributed by atoms with Crippen LogP contribution in [0.25, 0.3) is 0 Å². The first kappa shape index (κ1) is 24.3. The molecule has 0 unspecified atom stereocenters. The van der Waals surface area contributed by atoms with Gasteiger partial charge in [-0.25, -0.2) is 0 Å². The summed E-state index contributed by atoms with van der Waals surface area (Å²) in [4.78, 5) is 0. The summed E-state index contributed by atoms with van der Waals surface area (Å²) >= 11 is 0. The lowest BCUT2D eigenvalue weighted by Gasteiger charge is -2.29. The van der Waals surface area contributed by atoms with Crippen LogP contribution < -0.4 is 9.47 Å². The van der Waals surface area contributed by atoms with Gasteiger partial charge in [-0.05, 0) is 36.3 Å². The van der Waals surface area contributed by atoms with Gasteiger partial charge < -0.3 is 14.2 Å². The van der Waals surface area contributed by atoms with E-state index in [1.54, 1.807) is 0 Å². The molecule has 0 aromatic heterocycles. The highest BCUT2D eigenvalue weighted by Crippen LogP contribution is 2.41. The van der Waals surface area contributed by atoms with Crippen molar-refractivity contribution in [3.05, 3.63) is 59.3 Å². The van der Waals surface area contributed by atoms with Crippen LogP contribution in [-0.4, -0.2) is 13.7 Å². The van der Waals surface area contributed by atoms with Crippen molar-refractivity contribution in [1.82, 2.24) is 0 Å². The van der Waals surface area contributed by atoms with Gasteiger partial charge >= 0.3 is 0 Å². The third kappa shape index (κ3) is 5.51. The Labute approximate surface area is 188 Å². The number of hydrogen-bond donors (Lipinski definition) is 0. The van der Waals surface area contributed by atoms with Crippen molar-refractivity contribution in [1.29, 1.82) is 0 Å². The lowest BCUT2D eigenvalue weighted by molar-refractivity contribution is 0.172. The number of methoxy groups -OCH3 is 1. The van der Waals surface area contributed by atoms with Gasteiger partial charge in [0, 0.05) is 12.0 Å². The monoisotopic (exact) mass is 450 g/mol. The summed E-state index contributed by atoms with van der Waals surface area (Å²) in [5, 5.41) is 0. The largest absolute Gasteiger partial charge is 0.494 e. The van der Waals surface area contributed by atoms with E-state index < -0.39 is 17.5 Å². The molecule has 1 heterocycles. The zero-order valence-corrected chi connectivity index (χ0v) is 19.1. The molecule has 1 aromatic rings. The number of rotatable bonds is 9. The fourth-order valence-electron chi connectivity index (χ4n) is 4.46. The van der Waals surface area contributed by atoms with Crippen molar-refractivity contribution in [2.45, 2.75) is 64.7 Å². The minimum Gasteiger partial charge on any atom is -0.494 e. The van der Waals surface area contributed by atoms with Gasteiger partial charge in [-0.15, -0.1) is 0 Å². The second-order valence-electron chi connectivity index (χ2n) is 8.84. The second-order valence-corrected chi connectivity index (χ2v) is 8.84. The fourth-order valence-corrected chi connectivity index (χ4v) is 4.46. The van der Waals surface area contributed by atoms with Gasteiger partial charge in [-0.3, -0.25) is 0 Å². The standard InChI is InChI=1S/C26H33F3O3/c1-5-6-7-8-18-9-11-19(12-10-18)15-31-21-14-20-13-16(2)25(22(27)17(3)30-4)32-26(20)24(29)23(21)28/h14,18-19H,2-3,5-13,15H2,1,4H3/b25-22-. The van der Waals surface area contributed by atoms with E-state index >= 15 is 0 Å². The van der Waals surface area contributed by atoms with Gasteiger partial charge in [-0.2, -0.15) is 13.2 Å². The van der Waals surface area contributed by atoms with Crippen LogP contribution in [0, 0.1) is 23.5 Å². The van der Waals surface area contributed by atoms with Gasteiger partial charge in [0.05, 0.1) is 13.7 Å². The fraction of sp³-hybridized carbons (Fsp3) is 0.538. The predicted octanol–water partition coefficient (Wildman–Crippen LogP) is 7.56. The maximum atomic E-state index is 14.7. The van der Waals surface area contributed by atoms with Crippen LogP contribution in [0.3, 0.4) is 0 Å². The molecule has 6 heteroatoms. The molecule has 3 nitrogen and oxygen atoms in total. The number of benzene rings is 1. The Bertz CT molecular complexity index is 883. The molecule has 1 aliphatic heterocycles. The average Bonchev–Trinajstić information content (AvgIpc) is 2.80. The van der Waals surface area contributed by atoms with Crippen molar-refractivity contribution in [2.24, 2.45) is 11.8 Å². The quantitative estimate of drug-likeness (QED) is 0.287. The van der Waals surface area contributed by atoms with Crippen LogP contribution >= 0.6 is 0 Å². The Balaban J connectivity index is 1.65. The minimum absolute atomic E-state index is 0.103. The van der Waals surface area contributed by atoms with Crippen LogP contribution in [0.15, 0.2) is 42.1 Å². The van der Waals surface area contributed by atoms with Crippen LogP contribution in [0.2, 0.25) is 0 Å². The van der Waals surface area contributed by atoms with Gasteiger partial charge in [0.2, 0.25) is 17.5 Å². The van der Waals surface area contributed by atoms with Crippen LogP contribution in [0.4, 0.5) is 13.2 Å². The summed E-state index contributed by atoms with van der Waals surface area (Å²) in [6, 6.07) is 1.43. The molecule has 0 N–H and O–H groups in total. The molecule has 1 aromatic carbocycles. The Morgan fingerprint density at radius 3 is 2.47 bits per heavy atom. The maximum Gasteiger partial charge on any atom is 0.207 e. The van der Waals surface area contributed by atoms with Crippen LogP contribution in [-0.2, 0) is 11.2 Å². The third-order valence-electron chi connectivity index (χ3n) is 6.48. The van der Waals surface area contributed by atoms with Crippen LogP contribution in [0.5, 0.6) is 11.5 Å².